The molecule has 0 fully saturated rings. The van der Waals surface area contributed by atoms with Crippen LogP contribution < -0.4 is 9.47 Å². The van der Waals surface area contributed by atoms with Gasteiger partial charge in [-0.15, -0.1) is 0 Å². The van der Waals surface area contributed by atoms with Gasteiger partial charge < -0.3 is 14.5 Å². The van der Waals surface area contributed by atoms with Crippen LogP contribution in [0, 0.1) is 17.1 Å². The number of ether oxygens (including phenoxy) is 2. The molecule has 0 spiro atoms. The third kappa shape index (κ3) is 2.74. The second kappa shape index (κ2) is 7.05. The predicted molar refractivity (Wildman–Crippen MR) is 105 cm³/mol. The smallest absolute Gasteiger partial charge is 0.142 e. The van der Waals surface area contributed by atoms with Gasteiger partial charge in [-0.2, -0.15) is 5.26 Å². The van der Waals surface area contributed by atoms with Crippen molar-refractivity contribution in [2.24, 2.45) is 0 Å². The number of pyridine rings is 1. The Morgan fingerprint density at radius 1 is 1.00 bits per heavy atom. The van der Waals surface area contributed by atoms with Crippen molar-refractivity contribution in [1.82, 2.24) is 9.97 Å². The summed E-state index contributed by atoms with van der Waals surface area (Å²) in [4.78, 5) is 7.66. The number of hydrogen-bond acceptors (Lipinski definition) is 4. The summed E-state index contributed by atoms with van der Waals surface area (Å²) in [5.74, 6) is 0.710. The van der Waals surface area contributed by atoms with Crippen LogP contribution in [-0.4, -0.2) is 24.2 Å². The number of nitrogens with zero attached hydrogens (tertiary/aromatic N) is 2. The van der Waals surface area contributed by atoms with E-state index in [1.807, 2.05) is 12.1 Å². The van der Waals surface area contributed by atoms with Gasteiger partial charge in [-0.1, -0.05) is 18.2 Å². The van der Waals surface area contributed by atoms with Crippen LogP contribution in [0.3, 0.4) is 0 Å². The first kappa shape index (κ1) is 17.6. The summed E-state index contributed by atoms with van der Waals surface area (Å²) < 4.78 is 25.1. The van der Waals surface area contributed by atoms with E-state index in [1.54, 1.807) is 37.6 Å². The van der Waals surface area contributed by atoms with Crippen molar-refractivity contribution in [1.29, 1.82) is 5.26 Å². The second-order valence-electron chi connectivity index (χ2n) is 6.11. The summed E-state index contributed by atoms with van der Waals surface area (Å²) in [7, 11) is 3.10. The fourth-order valence-corrected chi connectivity index (χ4v) is 3.40. The van der Waals surface area contributed by atoms with Crippen molar-refractivity contribution in [2.45, 2.75) is 0 Å². The minimum atomic E-state index is -0.395. The molecule has 0 bridgehead atoms. The molecule has 1 N–H and O–H groups in total. The zero-order valence-corrected chi connectivity index (χ0v) is 15.3. The molecule has 0 aliphatic heterocycles. The highest BCUT2D eigenvalue weighted by Crippen LogP contribution is 2.45. The summed E-state index contributed by atoms with van der Waals surface area (Å²) in [6.07, 6.45) is 1.63. The van der Waals surface area contributed by atoms with Crippen molar-refractivity contribution in [3.63, 3.8) is 0 Å². The minimum absolute atomic E-state index is 0.395. The topological polar surface area (TPSA) is 70.9 Å². The highest BCUT2D eigenvalue weighted by atomic mass is 19.1. The first-order chi connectivity index (χ1) is 13.7. The van der Waals surface area contributed by atoms with E-state index in [2.05, 4.69) is 16.0 Å². The number of rotatable bonds is 4. The van der Waals surface area contributed by atoms with Crippen LogP contribution >= 0.6 is 0 Å². The number of hydrogen-bond donors (Lipinski definition) is 1. The molecule has 138 valence electrons. The van der Waals surface area contributed by atoms with Gasteiger partial charge in [0.05, 0.1) is 36.9 Å². The Bertz CT molecular complexity index is 1220. The average molecular weight is 373 g/mol. The van der Waals surface area contributed by atoms with Crippen LogP contribution in [0.5, 0.6) is 11.5 Å². The maximum atomic E-state index is 14.1. The lowest BCUT2D eigenvalue weighted by Crippen LogP contribution is -1.92. The van der Waals surface area contributed by atoms with Gasteiger partial charge >= 0.3 is 0 Å². The van der Waals surface area contributed by atoms with Crippen molar-refractivity contribution in [3.8, 4) is 40.0 Å². The van der Waals surface area contributed by atoms with Gasteiger partial charge in [0.25, 0.3) is 0 Å². The first-order valence-corrected chi connectivity index (χ1v) is 8.56. The number of aromatic amines is 1. The fourth-order valence-electron chi connectivity index (χ4n) is 3.40. The maximum absolute atomic E-state index is 14.1. The monoisotopic (exact) mass is 373 g/mol. The van der Waals surface area contributed by atoms with E-state index in [-0.39, 0.29) is 0 Å². The van der Waals surface area contributed by atoms with Crippen LogP contribution in [0.25, 0.3) is 33.4 Å². The summed E-state index contributed by atoms with van der Waals surface area (Å²) in [5.41, 5.74) is 3.61. The molecule has 0 aliphatic rings. The van der Waals surface area contributed by atoms with Gasteiger partial charge in [0.2, 0.25) is 0 Å². The molecule has 0 aliphatic carbocycles. The molecule has 0 radical (unpaired) electrons. The molecule has 0 amide bonds. The zero-order chi connectivity index (χ0) is 19.7. The molecule has 6 heteroatoms. The van der Waals surface area contributed by atoms with Crippen molar-refractivity contribution < 1.29 is 13.9 Å². The number of benzene rings is 2. The van der Waals surface area contributed by atoms with Gasteiger partial charge in [-0.25, -0.2) is 9.37 Å². The number of H-pyrrole nitrogens is 1. The molecular formula is C22H16FN3O2. The Hall–Kier alpha value is -3.85. The molecule has 0 saturated heterocycles. The molecule has 0 atom stereocenters. The van der Waals surface area contributed by atoms with Gasteiger partial charge in [-0.05, 0) is 30.3 Å². The zero-order valence-electron chi connectivity index (χ0n) is 15.3. The largest absolute Gasteiger partial charge is 0.496 e. The van der Waals surface area contributed by atoms with Crippen LogP contribution in [0.1, 0.15) is 5.56 Å². The number of fused-ring (bicyclic) bond motifs is 1. The van der Waals surface area contributed by atoms with E-state index in [4.69, 9.17) is 9.47 Å². The molecule has 2 aromatic heterocycles. The highest BCUT2D eigenvalue weighted by molar-refractivity contribution is 6.07. The number of aromatic nitrogens is 2. The number of nitrogens with one attached hydrogen (secondary N) is 1. The molecule has 4 aromatic rings. The lowest BCUT2D eigenvalue weighted by molar-refractivity contribution is 0.415. The molecule has 0 unspecified atom stereocenters. The Morgan fingerprint density at radius 2 is 1.79 bits per heavy atom. The molecule has 28 heavy (non-hydrogen) atoms. The lowest BCUT2D eigenvalue weighted by Gasteiger charge is -2.12. The third-order valence-corrected chi connectivity index (χ3v) is 4.62. The molecular weight excluding hydrogens is 357 g/mol. The Balaban J connectivity index is 2.17. The van der Waals surface area contributed by atoms with E-state index in [0.29, 0.717) is 50.5 Å². The van der Waals surface area contributed by atoms with E-state index in [9.17, 15) is 9.65 Å². The van der Waals surface area contributed by atoms with Gasteiger partial charge in [-0.3, -0.25) is 0 Å². The molecule has 2 aromatic carbocycles. The van der Waals surface area contributed by atoms with Crippen LogP contribution in [0.15, 0.2) is 54.7 Å². The summed E-state index contributed by atoms with van der Waals surface area (Å²) in [5, 5.41) is 10.3. The van der Waals surface area contributed by atoms with Gasteiger partial charge in [0.1, 0.15) is 23.0 Å². The number of halogens is 1. The van der Waals surface area contributed by atoms with Crippen LogP contribution in [0.4, 0.5) is 4.39 Å². The SMILES string of the molecule is COc1ccc(F)cc1-c1[nH]c2nccc(OC)c2c1-c1ccccc1C#N. The molecule has 0 saturated carbocycles. The maximum Gasteiger partial charge on any atom is 0.142 e. The highest BCUT2D eigenvalue weighted by Gasteiger charge is 2.23. The predicted octanol–water partition coefficient (Wildman–Crippen LogP) is 4.92. The molecule has 2 heterocycles. The van der Waals surface area contributed by atoms with E-state index in [1.165, 1.54) is 19.2 Å². The Labute approximate surface area is 161 Å². The summed E-state index contributed by atoms with van der Waals surface area (Å²) in [6, 6.07) is 15.5. The molecule has 5 nitrogen and oxygen atoms in total. The standard InChI is InChI=1S/C22H16FN3O2/c1-27-17-8-7-14(23)11-16(17)21-19(15-6-4-3-5-13(15)12-24)20-18(28-2)9-10-25-22(20)26-21/h3-11H,1-2H3,(H,25,26). The summed E-state index contributed by atoms with van der Waals surface area (Å²) in [6.45, 7) is 0. The van der Waals surface area contributed by atoms with E-state index < -0.39 is 5.82 Å². The third-order valence-electron chi connectivity index (χ3n) is 4.62. The number of nitriles is 1. The average Bonchev–Trinajstić information content (AvgIpc) is 3.13. The van der Waals surface area contributed by atoms with Crippen molar-refractivity contribution in [3.05, 3.63) is 66.1 Å². The minimum Gasteiger partial charge on any atom is -0.496 e. The Morgan fingerprint density at radius 3 is 2.54 bits per heavy atom. The van der Waals surface area contributed by atoms with Crippen molar-refractivity contribution in [2.75, 3.05) is 14.2 Å². The fraction of sp³-hybridized carbons (Fsp3) is 0.0909. The van der Waals surface area contributed by atoms with Crippen LogP contribution in [-0.2, 0) is 0 Å². The normalized spacial score (nSPS) is 10.6. The summed E-state index contributed by atoms with van der Waals surface area (Å²) >= 11 is 0. The quantitative estimate of drug-likeness (QED) is 0.551. The van der Waals surface area contributed by atoms with Crippen molar-refractivity contribution >= 4 is 11.0 Å². The number of methoxy groups -OCH3 is 2. The second-order valence-corrected chi connectivity index (χ2v) is 6.11. The lowest BCUT2D eigenvalue weighted by atomic mass is 9.94. The van der Waals surface area contributed by atoms with E-state index in [0.717, 1.165) is 0 Å². The van der Waals surface area contributed by atoms with Crippen LogP contribution in [0.2, 0.25) is 0 Å². The first-order valence-electron chi connectivity index (χ1n) is 8.56. The van der Waals surface area contributed by atoms with E-state index >= 15 is 0 Å². The Kier molecular flexibility index (Phi) is 4.42. The van der Waals surface area contributed by atoms with Gasteiger partial charge in [0.15, 0.2) is 0 Å². The molecule has 4 rings (SSSR count). The van der Waals surface area contributed by atoms with Gasteiger partial charge in [0, 0.05) is 22.9 Å².